The van der Waals surface area contributed by atoms with Crippen molar-refractivity contribution >= 4 is 11.9 Å². The number of nitrogens with one attached hydrogen (secondary N) is 2. The van der Waals surface area contributed by atoms with Gasteiger partial charge in [-0.2, -0.15) is 0 Å². The second-order valence-corrected chi connectivity index (χ2v) is 7.47. The van der Waals surface area contributed by atoms with Gasteiger partial charge in [0.1, 0.15) is 5.82 Å². The van der Waals surface area contributed by atoms with Crippen LogP contribution in [-0.2, 0) is 16.1 Å². The third kappa shape index (κ3) is 3.67. The van der Waals surface area contributed by atoms with Gasteiger partial charge in [0.2, 0.25) is 5.91 Å². The molecule has 26 heavy (non-hydrogen) atoms. The fourth-order valence-corrected chi connectivity index (χ4v) is 3.90. The quantitative estimate of drug-likeness (QED) is 0.859. The van der Waals surface area contributed by atoms with Crippen LogP contribution in [0.25, 0.3) is 0 Å². The molecule has 3 atom stereocenters. The number of ether oxygens (including phenoxy) is 1. The molecule has 140 valence electrons. The molecule has 2 bridgehead atoms. The topological polar surface area (TPSA) is 70.7 Å². The number of amides is 3. The summed E-state index contributed by atoms with van der Waals surface area (Å²) >= 11 is 0. The van der Waals surface area contributed by atoms with Gasteiger partial charge in [-0.1, -0.05) is 12.1 Å². The lowest BCUT2D eigenvalue weighted by Gasteiger charge is -2.33. The number of hydrogen-bond donors (Lipinski definition) is 2. The largest absolute Gasteiger partial charge is 0.370 e. The Bertz CT molecular complexity index is 694. The number of benzene rings is 1. The van der Waals surface area contributed by atoms with Gasteiger partial charge in [-0.3, -0.25) is 4.79 Å². The zero-order chi connectivity index (χ0) is 18.1. The van der Waals surface area contributed by atoms with Crippen molar-refractivity contribution in [1.82, 2.24) is 15.5 Å². The first-order valence-electron chi connectivity index (χ1n) is 9.31. The number of hydrogen-bond acceptors (Lipinski definition) is 3. The van der Waals surface area contributed by atoms with E-state index in [1.807, 2.05) is 0 Å². The molecule has 1 aliphatic carbocycles. The fraction of sp³-hybridized carbons (Fsp3) is 0.579. The Morgan fingerprint density at radius 1 is 1.27 bits per heavy atom. The minimum absolute atomic E-state index is 0.0595. The number of nitrogens with zero attached hydrogens (tertiary/aromatic N) is 1. The Morgan fingerprint density at radius 3 is 2.85 bits per heavy atom. The van der Waals surface area contributed by atoms with Crippen LogP contribution >= 0.6 is 0 Å². The van der Waals surface area contributed by atoms with E-state index in [1.165, 1.54) is 18.6 Å². The molecule has 0 unspecified atom stereocenters. The molecule has 0 spiro atoms. The van der Waals surface area contributed by atoms with Crippen molar-refractivity contribution < 1.29 is 18.7 Å². The summed E-state index contributed by atoms with van der Waals surface area (Å²) in [6.45, 7) is 1.17. The maximum absolute atomic E-state index is 13.2. The van der Waals surface area contributed by atoms with Crippen LogP contribution in [0, 0.1) is 11.7 Å². The number of carbonyl (C=O) groups excluding carboxylic acids is 2. The van der Waals surface area contributed by atoms with Gasteiger partial charge in [0.25, 0.3) is 0 Å². The Balaban J connectivity index is 1.30. The maximum atomic E-state index is 13.2. The second-order valence-electron chi connectivity index (χ2n) is 7.47. The molecule has 4 rings (SSSR count). The Kier molecular flexibility index (Phi) is 4.80. The van der Waals surface area contributed by atoms with Crippen molar-refractivity contribution in [2.24, 2.45) is 5.92 Å². The van der Waals surface area contributed by atoms with Crippen LogP contribution in [0.15, 0.2) is 24.3 Å². The summed E-state index contributed by atoms with van der Waals surface area (Å²) in [6, 6.07) is 6.29. The standard InChI is InChI=1S/C19H24FN3O3/c20-13-4-1-3-12(7-13)9-21-19(25)23-10-15-8-16(17(11-23)26-15)18(24)22-14-5-2-6-14/h1,3-4,7,14-17H,2,5-6,8-11H2,(H,21,25)(H,22,24)/t15-,16+,17-/m0/s1. The van der Waals surface area contributed by atoms with Gasteiger partial charge in [-0.15, -0.1) is 0 Å². The van der Waals surface area contributed by atoms with E-state index in [1.54, 1.807) is 17.0 Å². The van der Waals surface area contributed by atoms with Gasteiger partial charge >= 0.3 is 6.03 Å². The van der Waals surface area contributed by atoms with Crippen molar-refractivity contribution in [3.63, 3.8) is 0 Å². The van der Waals surface area contributed by atoms with E-state index < -0.39 is 0 Å². The third-order valence-electron chi connectivity index (χ3n) is 5.57. The highest BCUT2D eigenvalue weighted by Crippen LogP contribution is 2.32. The first-order chi connectivity index (χ1) is 12.6. The Morgan fingerprint density at radius 2 is 2.12 bits per heavy atom. The van der Waals surface area contributed by atoms with Crippen molar-refractivity contribution in [2.45, 2.75) is 50.5 Å². The van der Waals surface area contributed by atoms with Crippen molar-refractivity contribution in [2.75, 3.05) is 13.1 Å². The summed E-state index contributed by atoms with van der Waals surface area (Å²) in [6.07, 6.45) is 3.62. The molecular weight excluding hydrogens is 337 g/mol. The summed E-state index contributed by atoms with van der Waals surface area (Å²) in [4.78, 5) is 26.6. The maximum Gasteiger partial charge on any atom is 0.317 e. The average molecular weight is 361 g/mol. The Hall–Kier alpha value is -2.15. The molecule has 1 aromatic carbocycles. The van der Waals surface area contributed by atoms with Crippen LogP contribution in [0.1, 0.15) is 31.2 Å². The van der Waals surface area contributed by atoms with Gasteiger partial charge in [0, 0.05) is 25.7 Å². The smallest absolute Gasteiger partial charge is 0.317 e. The molecule has 3 fully saturated rings. The summed E-state index contributed by atoms with van der Waals surface area (Å²) in [7, 11) is 0. The number of urea groups is 1. The van der Waals surface area contributed by atoms with E-state index in [4.69, 9.17) is 4.74 Å². The fourth-order valence-electron chi connectivity index (χ4n) is 3.90. The van der Waals surface area contributed by atoms with Gasteiger partial charge < -0.3 is 20.3 Å². The molecule has 0 radical (unpaired) electrons. The lowest BCUT2D eigenvalue weighted by atomic mass is 9.91. The van der Waals surface area contributed by atoms with E-state index in [0.29, 0.717) is 31.1 Å². The first-order valence-corrected chi connectivity index (χ1v) is 9.31. The molecule has 3 amide bonds. The second kappa shape index (κ2) is 7.23. The zero-order valence-corrected chi connectivity index (χ0v) is 14.6. The van der Waals surface area contributed by atoms with E-state index >= 15 is 0 Å². The van der Waals surface area contributed by atoms with Gasteiger partial charge in [0.15, 0.2) is 0 Å². The lowest BCUT2D eigenvalue weighted by molar-refractivity contribution is -0.128. The lowest BCUT2D eigenvalue weighted by Crippen LogP contribution is -2.51. The molecule has 2 saturated heterocycles. The van der Waals surface area contributed by atoms with Gasteiger partial charge in [-0.05, 0) is 43.4 Å². The summed E-state index contributed by atoms with van der Waals surface area (Å²) < 4.78 is 19.1. The van der Waals surface area contributed by atoms with Crippen LogP contribution in [0.2, 0.25) is 0 Å². The number of morpholine rings is 1. The number of fused-ring (bicyclic) bond motifs is 2. The summed E-state index contributed by atoms with van der Waals surface area (Å²) in [5, 5.41) is 5.92. The average Bonchev–Trinajstić information content (AvgIpc) is 2.90. The zero-order valence-electron chi connectivity index (χ0n) is 14.6. The molecule has 2 aliphatic heterocycles. The van der Waals surface area contributed by atoms with E-state index in [-0.39, 0.29) is 42.4 Å². The predicted molar refractivity (Wildman–Crippen MR) is 92.8 cm³/mol. The number of rotatable bonds is 4. The van der Waals surface area contributed by atoms with Gasteiger partial charge in [-0.25, -0.2) is 9.18 Å². The number of halogens is 1. The van der Waals surface area contributed by atoms with Crippen LogP contribution in [-0.4, -0.2) is 48.2 Å². The Labute approximate surface area is 152 Å². The highest BCUT2D eigenvalue weighted by atomic mass is 19.1. The summed E-state index contributed by atoms with van der Waals surface area (Å²) in [5.41, 5.74) is 0.715. The van der Waals surface area contributed by atoms with Crippen LogP contribution in [0.4, 0.5) is 9.18 Å². The monoisotopic (exact) mass is 361 g/mol. The van der Waals surface area contributed by atoms with Crippen molar-refractivity contribution in [3.05, 3.63) is 35.6 Å². The number of likely N-dealkylation sites (tertiary alicyclic amines) is 1. The van der Waals surface area contributed by atoms with Crippen molar-refractivity contribution in [3.8, 4) is 0 Å². The normalized spacial score (nSPS) is 27.7. The SMILES string of the molecule is O=C(NC1CCC1)[C@@H]1C[C@H]2CN(C(=O)NCc3cccc(F)c3)C[C@@H]1O2. The molecule has 2 N–H and O–H groups in total. The molecule has 3 aliphatic rings. The van der Waals surface area contributed by atoms with E-state index in [9.17, 15) is 14.0 Å². The molecular formula is C19H24FN3O3. The highest BCUT2D eigenvalue weighted by molar-refractivity contribution is 5.80. The summed E-state index contributed by atoms with van der Waals surface area (Å²) in [5.74, 6) is -0.438. The minimum Gasteiger partial charge on any atom is -0.370 e. The molecule has 6 nitrogen and oxygen atoms in total. The molecule has 7 heteroatoms. The van der Waals surface area contributed by atoms with Crippen LogP contribution < -0.4 is 10.6 Å². The molecule has 1 saturated carbocycles. The molecule has 1 aromatic rings. The first kappa shape index (κ1) is 17.3. The van der Waals surface area contributed by atoms with E-state index in [0.717, 1.165) is 12.8 Å². The van der Waals surface area contributed by atoms with Crippen molar-refractivity contribution in [1.29, 1.82) is 0 Å². The van der Waals surface area contributed by atoms with Crippen LogP contribution in [0.3, 0.4) is 0 Å². The molecule has 2 heterocycles. The highest BCUT2D eigenvalue weighted by Gasteiger charge is 2.46. The minimum atomic E-state index is -0.318. The van der Waals surface area contributed by atoms with E-state index in [2.05, 4.69) is 10.6 Å². The molecule has 0 aromatic heterocycles. The van der Waals surface area contributed by atoms with Gasteiger partial charge in [0.05, 0.1) is 18.1 Å². The van der Waals surface area contributed by atoms with Crippen LogP contribution in [0.5, 0.6) is 0 Å². The number of carbonyl (C=O) groups is 2. The predicted octanol–water partition coefficient (Wildman–Crippen LogP) is 1.79. The third-order valence-corrected chi connectivity index (χ3v) is 5.57.